The molecule has 1 aromatic carbocycles. The van der Waals surface area contributed by atoms with E-state index in [0.717, 1.165) is 10.9 Å². The number of amides is 1. The van der Waals surface area contributed by atoms with E-state index < -0.39 is 0 Å². The smallest absolute Gasteiger partial charge is 0.253 e. The van der Waals surface area contributed by atoms with Gasteiger partial charge in [0.2, 0.25) is 0 Å². The number of nitrogens with zero attached hydrogens (tertiary/aromatic N) is 1. The zero-order chi connectivity index (χ0) is 12.0. The summed E-state index contributed by atoms with van der Waals surface area (Å²) < 4.78 is 0.888. The van der Waals surface area contributed by atoms with Gasteiger partial charge in [-0.25, -0.2) is 0 Å². The van der Waals surface area contributed by atoms with E-state index in [0.29, 0.717) is 18.7 Å². The Morgan fingerprint density at radius 3 is 2.75 bits per heavy atom. The van der Waals surface area contributed by atoms with Crippen LogP contribution in [0.3, 0.4) is 0 Å². The maximum Gasteiger partial charge on any atom is 0.253 e. The Morgan fingerprint density at radius 1 is 1.44 bits per heavy atom. The molecule has 0 spiro atoms. The van der Waals surface area contributed by atoms with Crippen LogP contribution in [0, 0.1) is 0 Å². The summed E-state index contributed by atoms with van der Waals surface area (Å²) in [6.07, 6.45) is 0.889. The van der Waals surface area contributed by atoms with Gasteiger partial charge in [-0.1, -0.05) is 28.9 Å². The molecule has 16 heavy (non-hydrogen) atoms. The molecule has 0 saturated carbocycles. The molecule has 0 aromatic heterocycles. The second-order valence-corrected chi connectivity index (χ2v) is 4.44. The van der Waals surface area contributed by atoms with Crippen LogP contribution >= 0.6 is 15.9 Å². The molecule has 0 unspecified atom stereocenters. The standard InChI is InChI=1S/C12H16BrNO2/c1-2-6-14(7-8-15)12(16)10-4-3-5-11(13)9-10/h3-5,9,15H,2,6-8H2,1H3. The molecule has 1 aromatic rings. The number of hydrogen-bond donors (Lipinski definition) is 1. The number of rotatable bonds is 5. The lowest BCUT2D eigenvalue weighted by Crippen LogP contribution is -2.34. The fourth-order valence-corrected chi connectivity index (χ4v) is 1.91. The van der Waals surface area contributed by atoms with Gasteiger partial charge in [0.1, 0.15) is 0 Å². The highest BCUT2D eigenvalue weighted by Gasteiger charge is 2.14. The summed E-state index contributed by atoms with van der Waals surface area (Å²) in [6.45, 7) is 3.07. The molecule has 88 valence electrons. The third kappa shape index (κ3) is 3.61. The van der Waals surface area contributed by atoms with Crippen molar-refractivity contribution < 1.29 is 9.90 Å². The van der Waals surface area contributed by atoms with E-state index >= 15 is 0 Å². The molecule has 0 radical (unpaired) electrons. The highest BCUT2D eigenvalue weighted by Crippen LogP contribution is 2.13. The lowest BCUT2D eigenvalue weighted by molar-refractivity contribution is 0.0722. The first-order valence-corrected chi connectivity index (χ1v) is 6.14. The molecule has 0 aliphatic heterocycles. The predicted molar refractivity (Wildman–Crippen MR) is 67.4 cm³/mol. The lowest BCUT2D eigenvalue weighted by Gasteiger charge is -2.21. The van der Waals surface area contributed by atoms with Gasteiger partial charge >= 0.3 is 0 Å². The number of halogens is 1. The zero-order valence-corrected chi connectivity index (χ0v) is 10.9. The summed E-state index contributed by atoms with van der Waals surface area (Å²) >= 11 is 3.34. The lowest BCUT2D eigenvalue weighted by atomic mass is 10.2. The van der Waals surface area contributed by atoms with Gasteiger partial charge in [-0.3, -0.25) is 4.79 Å². The van der Waals surface area contributed by atoms with Gasteiger partial charge in [0.15, 0.2) is 0 Å². The predicted octanol–water partition coefficient (Wildman–Crippen LogP) is 2.29. The van der Waals surface area contributed by atoms with Crippen LogP contribution in [0.5, 0.6) is 0 Å². The molecule has 0 fully saturated rings. The molecular weight excluding hydrogens is 270 g/mol. The van der Waals surface area contributed by atoms with Gasteiger partial charge in [0.05, 0.1) is 6.61 Å². The van der Waals surface area contributed by atoms with Gasteiger partial charge in [0, 0.05) is 23.1 Å². The van der Waals surface area contributed by atoms with Crippen molar-refractivity contribution in [2.45, 2.75) is 13.3 Å². The van der Waals surface area contributed by atoms with Gasteiger partial charge in [-0.2, -0.15) is 0 Å². The molecule has 1 N–H and O–H groups in total. The molecule has 1 rings (SSSR count). The molecule has 3 nitrogen and oxygen atoms in total. The van der Waals surface area contributed by atoms with Crippen LogP contribution in [-0.2, 0) is 0 Å². The summed E-state index contributed by atoms with van der Waals surface area (Å²) in [5.41, 5.74) is 0.649. The summed E-state index contributed by atoms with van der Waals surface area (Å²) in [7, 11) is 0. The minimum atomic E-state index is -0.0304. The Kier molecular flexibility index (Phi) is 5.49. The fourth-order valence-electron chi connectivity index (χ4n) is 1.51. The molecule has 0 bridgehead atoms. The number of aliphatic hydroxyl groups excluding tert-OH is 1. The normalized spacial score (nSPS) is 10.2. The summed E-state index contributed by atoms with van der Waals surface area (Å²) in [5.74, 6) is -0.0304. The second kappa shape index (κ2) is 6.66. The quantitative estimate of drug-likeness (QED) is 0.902. The van der Waals surface area contributed by atoms with Crippen LogP contribution in [0.25, 0.3) is 0 Å². The van der Waals surface area contributed by atoms with E-state index in [1.807, 2.05) is 19.1 Å². The van der Waals surface area contributed by atoms with E-state index in [-0.39, 0.29) is 12.5 Å². The first kappa shape index (κ1) is 13.2. The van der Waals surface area contributed by atoms with Gasteiger partial charge in [0.25, 0.3) is 5.91 Å². The van der Waals surface area contributed by atoms with Crippen molar-refractivity contribution in [2.75, 3.05) is 19.7 Å². The largest absolute Gasteiger partial charge is 0.395 e. The number of benzene rings is 1. The fraction of sp³-hybridized carbons (Fsp3) is 0.417. The number of hydrogen-bond acceptors (Lipinski definition) is 2. The Morgan fingerprint density at radius 2 is 2.19 bits per heavy atom. The van der Waals surface area contributed by atoms with Crippen molar-refractivity contribution in [3.63, 3.8) is 0 Å². The second-order valence-electron chi connectivity index (χ2n) is 3.53. The number of aliphatic hydroxyl groups is 1. The molecule has 0 atom stereocenters. The van der Waals surface area contributed by atoms with Crippen molar-refractivity contribution >= 4 is 21.8 Å². The van der Waals surface area contributed by atoms with E-state index in [2.05, 4.69) is 15.9 Å². The van der Waals surface area contributed by atoms with Gasteiger partial charge in [-0.15, -0.1) is 0 Å². The van der Waals surface area contributed by atoms with Gasteiger partial charge in [-0.05, 0) is 24.6 Å². The van der Waals surface area contributed by atoms with Crippen LogP contribution in [0.15, 0.2) is 28.7 Å². The molecule has 4 heteroatoms. The molecular formula is C12H16BrNO2. The van der Waals surface area contributed by atoms with Gasteiger partial charge < -0.3 is 10.0 Å². The number of carbonyl (C=O) groups excluding carboxylic acids is 1. The minimum absolute atomic E-state index is 0.000255. The van der Waals surface area contributed by atoms with E-state index in [1.54, 1.807) is 17.0 Å². The summed E-state index contributed by atoms with van der Waals surface area (Å²) in [6, 6.07) is 7.29. The zero-order valence-electron chi connectivity index (χ0n) is 9.32. The minimum Gasteiger partial charge on any atom is -0.395 e. The van der Waals surface area contributed by atoms with Crippen molar-refractivity contribution in [1.29, 1.82) is 0 Å². The topological polar surface area (TPSA) is 40.5 Å². The Hall–Kier alpha value is -0.870. The van der Waals surface area contributed by atoms with Crippen molar-refractivity contribution in [2.24, 2.45) is 0 Å². The maximum absolute atomic E-state index is 12.1. The monoisotopic (exact) mass is 285 g/mol. The maximum atomic E-state index is 12.1. The first-order valence-electron chi connectivity index (χ1n) is 5.34. The number of carbonyl (C=O) groups is 1. The molecule has 0 heterocycles. The average Bonchev–Trinajstić information content (AvgIpc) is 2.28. The van der Waals surface area contributed by atoms with E-state index in [1.165, 1.54) is 0 Å². The molecule has 1 amide bonds. The molecule has 0 aliphatic carbocycles. The first-order chi connectivity index (χ1) is 7.69. The third-order valence-electron chi connectivity index (χ3n) is 2.22. The van der Waals surface area contributed by atoms with Crippen LogP contribution in [0.2, 0.25) is 0 Å². The highest BCUT2D eigenvalue weighted by molar-refractivity contribution is 9.10. The summed E-state index contributed by atoms with van der Waals surface area (Å²) in [5, 5.41) is 8.91. The average molecular weight is 286 g/mol. The van der Waals surface area contributed by atoms with Crippen LogP contribution in [-0.4, -0.2) is 35.6 Å². The van der Waals surface area contributed by atoms with E-state index in [9.17, 15) is 4.79 Å². The van der Waals surface area contributed by atoms with Crippen LogP contribution in [0.4, 0.5) is 0 Å². The van der Waals surface area contributed by atoms with E-state index in [4.69, 9.17) is 5.11 Å². The Balaban J connectivity index is 2.81. The van der Waals surface area contributed by atoms with Crippen molar-refractivity contribution in [3.8, 4) is 0 Å². The van der Waals surface area contributed by atoms with Crippen LogP contribution < -0.4 is 0 Å². The molecule has 0 aliphatic rings. The van der Waals surface area contributed by atoms with Crippen molar-refractivity contribution in [1.82, 2.24) is 4.90 Å². The third-order valence-corrected chi connectivity index (χ3v) is 2.72. The Labute approximate surface area is 104 Å². The summed E-state index contributed by atoms with van der Waals surface area (Å²) in [4.78, 5) is 13.7. The van der Waals surface area contributed by atoms with Crippen molar-refractivity contribution in [3.05, 3.63) is 34.3 Å². The molecule has 0 saturated heterocycles. The highest BCUT2D eigenvalue weighted by atomic mass is 79.9. The SMILES string of the molecule is CCCN(CCO)C(=O)c1cccc(Br)c1. The Bertz CT molecular complexity index is 349. The van der Waals surface area contributed by atoms with Crippen LogP contribution in [0.1, 0.15) is 23.7 Å².